The summed E-state index contributed by atoms with van der Waals surface area (Å²) < 4.78 is 19.1. The second-order valence-electron chi connectivity index (χ2n) is 6.17. The lowest BCUT2D eigenvalue weighted by atomic mass is 10.2. The van der Waals surface area contributed by atoms with Gasteiger partial charge >= 0.3 is 17.1 Å². The van der Waals surface area contributed by atoms with Crippen LogP contribution in [0.15, 0.2) is 14.4 Å². The summed E-state index contributed by atoms with van der Waals surface area (Å²) in [6.45, 7) is 1.88. The van der Waals surface area contributed by atoms with Gasteiger partial charge in [0.1, 0.15) is 6.23 Å². The van der Waals surface area contributed by atoms with Crippen LogP contribution in [0.3, 0.4) is 0 Å². The molecule has 0 amide bonds. The van der Waals surface area contributed by atoms with Gasteiger partial charge in [0.2, 0.25) is 0 Å². The number of ether oxygens (including phenoxy) is 3. The number of hydrogen-bond acceptors (Lipinski definition) is 6. The Morgan fingerprint density at radius 1 is 0.826 bits per heavy atom. The van der Waals surface area contributed by atoms with Gasteiger partial charge in [0, 0.05) is 6.61 Å². The molecule has 3 aliphatic heterocycles. The second-order valence-corrected chi connectivity index (χ2v) is 6.17. The third kappa shape index (κ3) is 2.91. The van der Waals surface area contributed by atoms with Crippen LogP contribution < -0.4 is 17.1 Å². The zero-order valence-electron chi connectivity index (χ0n) is 12.7. The number of rotatable bonds is 5. The summed E-state index contributed by atoms with van der Waals surface area (Å²) in [4.78, 5) is 37.9. The molecule has 3 aliphatic rings. The van der Waals surface area contributed by atoms with Crippen LogP contribution >= 0.6 is 0 Å². The van der Waals surface area contributed by atoms with Crippen molar-refractivity contribution in [3.05, 3.63) is 31.5 Å². The van der Waals surface area contributed by atoms with Gasteiger partial charge in [-0.15, -0.1) is 0 Å². The molecule has 126 valence electrons. The van der Waals surface area contributed by atoms with Crippen LogP contribution in [0.25, 0.3) is 0 Å². The Labute approximate surface area is 131 Å². The third-order valence-corrected chi connectivity index (χ3v) is 4.36. The summed E-state index contributed by atoms with van der Waals surface area (Å²) in [5.41, 5.74) is -1.83. The number of aromatic nitrogens is 3. The van der Waals surface area contributed by atoms with E-state index in [9.17, 15) is 14.4 Å². The smallest absolute Gasteiger partial charge is 0.338 e. The average molecular weight is 325 g/mol. The van der Waals surface area contributed by atoms with Gasteiger partial charge < -0.3 is 14.2 Å². The number of epoxide rings is 2. The molecular weight excluding hydrogens is 306 g/mol. The molecule has 9 nitrogen and oxygen atoms in total. The van der Waals surface area contributed by atoms with Crippen molar-refractivity contribution >= 4 is 0 Å². The molecule has 9 heteroatoms. The molecule has 0 aromatic carbocycles. The van der Waals surface area contributed by atoms with Crippen molar-refractivity contribution in [2.24, 2.45) is 0 Å². The summed E-state index contributed by atoms with van der Waals surface area (Å²) in [6.07, 6.45) is 1.50. The van der Waals surface area contributed by atoms with Crippen molar-refractivity contribution in [3.8, 4) is 0 Å². The molecule has 3 unspecified atom stereocenters. The van der Waals surface area contributed by atoms with Gasteiger partial charge in [-0.1, -0.05) is 0 Å². The van der Waals surface area contributed by atoms with Crippen molar-refractivity contribution in [1.29, 1.82) is 0 Å². The van der Waals surface area contributed by atoms with E-state index < -0.39 is 23.3 Å². The van der Waals surface area contributed by atoms with Crippen molar-refractivity contribution in [3.63, 3.8) is 0 Å². The van der Waals surface area contributed by atoms with Crippen LogP contribution in [0, 0.1) is 0 Å². The van der Waals surface area contributed by atoms with Crippen molar-refractivity contribution in [1.82, 2.24) is 13.7 Å². The Balaban J connectivity index is 1.83. The number of hydrogen-bond donors (Lipinski definition) is 0. The summed E-state index contributed by atoms with van der Waals surface area (Å²) in [7, 11) is 0. The average Bonchev–Trinajstić information content (AvgIpc) is 3.45. The number of nitrogens with zero attached hydrogens (tertiary/aromatic N) is 3. The van der Waals surface area contributed by atoms with E-state index in [4.69, 9.17) is 14.2 Å². The first-order valence-electron chi connectivity index (χ1n) is 7.96. The molecule has 1 aromatic heterocycles. The SMILES string of the molecule is O=c1n(CC2CO2)c(=O)n(C2CCCCO2)c(=O)n1CC1CO1. The fourth-order valence-electron chi connectivity index (χ4n) is 2.89. The van der Waals surface area contributed by atoms with Crippen molar-refractivity contribution < 1.29 is 14.2 Å². The normalized spacial score (nSPS) is 29.5. The largest absolute Gasteiger partial charge is 0.371 e. The lowest BCUT2D eigenvalue weighted by molar-refractivity contribution is -0.0398. The minimum Gasteiger partial charge on any atom is -0.371 e. The molecule has 0 bridgehead atoms. The van der Waals surface area contributed by atoms with E-state index >= 15 is 0 Å². The monoisotopic (exact) mass is 325 g/mol. The summed E-state index contributed by atoms with van der Waals surface area (Å²) in [6, 6.07) is 0. The topological polar surface area (TPSA) is 100 Å². The maximum absolute atomic E-state index is 12.7. The maximum atomic E-state index is 12.7. The van der Waals surface area contributed by atoms with Gasteiger partial charge in [0.25, 0.3) is 0 Å². The molecule has 0 N–H and O–H groups in total. The van der Waals surface area contributed by atoms with Crippen LogP contribution in [0.4, 0.5) is 0 Å². The molecule has 23 heavy (non-hydrogen) atoms. The Hall–Kier alpha value is -1.71. The van der Waals surface area contributed by atoms with E-state index in [1.165, 1.54) is 0 Å². The van der Waals surface area contributed by atoms with Crippen LogP contribution in [0.2, 0.25) is 0 Å². The second kappa shape index (κ2) is 5.73. The van der Waals surface area contributed by atoms with Gasteiger partial charge in [-0.3, -0.25) is 0 Å². The van der Waals surface area contributed by atoms with Gasteiger partial charge in [-0.2, -0.15) is 0 Å². The highest BCUT2D eigenvalue weighted by molar-refractivity contribution is 4.86. The Morgan fingerprint density at radius 3 is 1.83 bits per heavy atom. The maximum Gasteiger partial charge on any atom is 0.338 e. The van der Waals surface area contributed by atoms with E-state index in [2.05, 4.69) is 0 Å². The Bertz CT molecular complexity index is 712. The minimum atomic E-state index is -0.615. The molecule has 4 heterocycles. The molecule has 0 spiro atoms. The Morgan fingerprint density at radius 2 is 1.39 bits per heavy atom. The minimum absolute atomic E-state index is 0.135. The van der Waals surface area contributed by atoms with E-state index in [0.29, 0.717) is 26.2 Å². The van der Waals surface area contributed by atoms with Gasteiger partial charge in [-0.25, -0.2) is 28.1 Å². The lowest BCUT2D eigenvalue weighted by Gasteiger charge is -2.24. The van der Waals surface area contributed by atoms with E-state index in [0.717, 1.165) is 26.5 Å². The van der Waals surface area contributed by atoms with Crippen molar-refractivity contribution in [2.45, 2.75) is 50.8 Å². The van der Waals surface area contributed by atoms with Crippen LogP contribution in [-0.4, -0.2) is 45.7 Å². The molecule has 3 atom stereocenters. The molecule has 1 aromatic rings. The molecule has 0 radical (unpaired) electrons. The molecule has 4 rings (SSSR count). The fourth-order valence-corrected chi connectivity index (χ4v) is 2.89. The highest BCUT2D eigenvalue weighted by Gasteiger charge is 2.31. The highest BCUT2D eigenvalue weighted by atomic mass is 16.6. The first-order valence-corrected chi connectivity index (χ1v) is 7.96. The first-order chi connectivity index (χ1) is 11.1. The molecule has 0 saturated carbocycles. The standard InChI is InChI=1S/C14H19N3O6/c18-12-15(5-9-7-22-9)13(19)17(11-3-1-2-4-21-11)14(20)16(12)6-10-8-23-10/h9-11H,1-8H2. The first kappa shape index (κ1) is 14.9. The zero-order chi connectivity index (χ0) is 16.0. The highest BCUT2D eigenvalue weighted by Crippen LogP contribution is 2.19. The molecule has 0 aliphatic carbocycles. The van der Waals surface area contributed by atoms with Gasteiger partial charge in [0.15, 0.2) is 0 Å². The van der Waals surface area contributed by atoms with Crippen LogP contribution in [-0.2, 0) is 27.3 Å². The summed E-state index contributed by atoms with van der Waals surface area (Å²) in [5, 5.41) is 0. The van der Waals surface area contributed by atoms with Crippen LogP contribution in [0.1, 0.15) is 25.5 Å². The predicted octanol–water partition coefficient (Wildman–Crippen LogP) is -1.33. The predicted molar refractivity (Wildman–Crippen MR) is 77.5 cm³/mol. The van der Waals surface area contributed by atoms with Gasteiger partial charge in [-0.05, 0) is 19.3 Å². The Kier molecular flexibility index (Phi) is 3.70. The zero-order valence-corrected chi connectivity index (χ0v) is 12.7. The van der Waals surface area contributed by atoms with E-state index in [1.807, 2.05) is 0 Å². The molecular formula is C14H19N3O6. The molecule has 3 fully saturated rings. The quantitative estimate of drug-likeness (QED) is 0.622. The fraction of sp³-hybridized carbons (Fsp3) is 0.786. The lowest BCUT2D eigenvalue weighted by Crippen LogP contribution is -2.56. The van der Waals surface area contributed by atoms with Gasteiger partial charge in [0.05, 0.1) is 38.5 Å². The van der Waals surface area contributed by atoms with Crippen LogP contribution in [0.5, 0.6) is 0 Å². The van der Waals surface area contributed by atoms with E-state index in [-0.39, 0.29) is 25.3 Å². The summed E-state index contributed by atoms with van der Waals surface area (Å²) >= 11 is 0. The van der Waals surface area contributed by atoms with Crippen molar-refractivity contribution in [2.75, 3.05) is 19.8 Å². The molecule has 3 saturated heterocycles. The summed E-state index contributed by atoms with van der Waals surface area (Å²) in [5.74, 6) is 0. The van der Waals surface area contributed by atoms with E-state index in [1.54, 1.807) is 0 Å². The third-order valence-electron chi connectivity index (χ3n) is 4.36.